The summed E-state index contributed by atoms with van der Waals surface area (Å²) < 4.78 is 9.23. The molecular formula is C21H34N2O6. The van der Waals surface area contributed by atoms with Gasteiger partial charge >= 0.3 is 5.97 Å². The maximum Gasteiger partial charge on any atom is 0.357 e. The van der Waals surface area contributed by atoms with Crippen LogP contribution in [0.25, 0.3) is 0 Å². The first-order valence-electron chi connectivity index (χ1n) is 9.78. The van der Waals surface area contributed by atoms with E-state index in [9.17, 15) is 19.5 Å². The van der Waals surface area contributed by atoms with Crippen LogP contribution in [0.3, 0.4) is 0 Å². The summed E-state index contributed by atoms with van der Waals surface area (Å²) in [6.45, 7) is 3.15. The second-order valence-corrected chi connectivity index (χ2v) is 6.44. The lowest BCUT2D eigenvalue weighted by atomic mass is 10.1. The number of aliphatic hydroxyl groups excluding tert-OH is 1. The minimum atomic E-state index is -1.24. The molecule has 0 aromatic carbocycles. The summed E-state index contributed by atoms with van der Waals surface area (Å²) in [5.74, 6) is -2.09. The standard InChI is InChI=1S/C21H34N2O6/c1-5-6-7-8-9-10-11-12-13-16(2)19(25)22-17(14-24)20(26)23-18(15-28-3)21(27)29-4/h11-13,15,17,24H,5-10,14H2,1-4H3,(H,22,25)(H,23,26)/b12-11+,16-13+,18-15+. The summed E-state index contributed by atoms with van der Waals surface area (Å²) in [6.07, 6.45) is 13.4. The Labute approximate surface area is 173 Å². The fourth-order valence-electron chi connectivity index (χ4n) is 2.29. The quantitative estimate of drug-likeness (QED) is 0.133. The van der Waals surface area contributed by atoms with Crippen molar-refractivity contribution in [3.8, 4) is 0 Å². The van der Waals surface area contributed by atoms with E-state index in [0.717, 1.165) is 26.2 Å². The van der Waals surface area contributed by atoms with Gasteiger partial charge in [-0.25, -0.2) is 4.79 Å². The van der Waals surface area contributed by atoms with E-state index in [1.165, 1.54) is 32.8 Å². The molecule has 8 heteroatoms. The highest BCUT2D eigenvalue weighted by molar-refractivity contribution is 5.99. The molecule has 1 atom stereocenters. The molecule has 164 valence electrons. The summed E-state index contributed by atoms with van der Waals surface area (Å²) in [6, 6.07) is -1.24. The number of hydrogen-bond donors (Lipinski definition) is 3. The normalized spacial score (nSPS) is 13.1. The zero-order valence-corrected chi connectivity index (χ0v) is 17.8. The predicted molar refractivity (Wildman–Crippen MR) is 111 cm³/mol. The molecule has 3 N–H and O–H groups in total. The third kappa shape index (κ3) is 11.7. The smallest absolute Gasteiger partial charge is 0.357 e. The molecule has 29 heavy (non-hydrogen) atoms. The highest BCUT2D eigenvalue weighted by Crippen LogP contribution is 2.06. The Kier molecular flexibility index (Phi) is 14.9. The van der Waals surface area contributed by atoms with Crippen molar-refractivity contribution < 1.29 is 29.0 Å². The zero-order valence-electron chi connectivity index (χ0n) is 17.8. The number of hydrogen-bond acceptors (Lipinski definition) is 6. The summed E-state index contributed by atoms with van der Waals surface area (Å²) >= 11 is 0. The van der Waals surface area contributed by atoms with Crippen LogP contribution in [-0.4, -0.2) is 49.8 Å². The fourth-order valence-corrected chi connectivity index (χ4v) is 2.29. The Hall–Kier alpha value is -2.61. The first-order valence-corrected chi connectivity index (χ1v) is 9.78. The lowest BCUT2D eigenvalue weighted by Gasteiger charge is -2.17. The van der Waals surface area contributed by atoms with Gasteiger partial charge in [-0.1, -0.05) is 50.8 Å². The molecule has 0 saturated heterocycles. The van der Waals surface area contributed by atoms with Gasteiger partial charge < -0.3 is 25.2 Å². The van der Waals surface area contributed by atoms with E-state index in [2.05, 4.69) is 22.3 Å². The number of carbonyl (C=O) groups is 3. The summed E-state index contributed by atoms with van der Waals surface area (Å²) in [4.78, 5) is 36.0. The molecular weight excluding hydrogens is 376 g/mol. The van der Waals surface area contributed by atoms with Crippen LogP contribution in [0.5, 0.6) is 0 Å². The largest absolute Gasteiger partial charge is 0.502 e. The minimum Gasteiger partial charge on any atom is -0.502 e. The monoisotopic (exact) mass is 410 g/mol. The van der Waals surface area contributed by atoms with Crippen LogP contribution in [-0.2, 0) is 23.9 Å². The molecule has 0 saturated carbocycles. The van der Waals surface area contributed by atoms with Gasteiger partial charge in [-0.15, -0.1) is 0 Å². The number of rotatable bonds is 14. The molecule has 0 fully saturated rings. The summed E-state index contributed by atoms with van der Waals surface area (Å²) in [5, 5.41) is 14.1. The van der Waals surface area contributed by atoms with E-state index in [4.69, 9.17) is 4.74 Å². The van der Waals surface area contributed by atoms with Crippen molar-refractivity contribution >= 4 is 17.8 Å². The van der Waals surface area contributed by atoms with E-state index in [0.29, 0.717) is 5.57 Å². The van der Waals surface area contributed by atoms with Crippen molar-refractivity contribution in [3.05, 3.63) is 35.8 Å². The number of amides is 2. The highest BCUT2D eigenvalue weighted by atomic mass is 16.5. The molecule has 1 unspecified atom stereocenters. The third-order valence-electron chi connectivity index (χ3n) is 4.02. The van der Waals surface area contributed by atoms with Gasteiger partial charge in [0.2, 0.25) is 11.8 Å². The Bertz CT molecular complexity index is 610. The number of allylic oxidation sites excluding steroid dienone is 3. The molecule has 0 spiro atoms. The SMILES string of the molecule is CCCCCCC/C=C/C=C(\C)C(=O)NC(CO)C(=O)N/C(=C/OC)C(=O)OC. The van der Waals surface area contributed by atoms with E-state index in [-0.39, 0.29) is 5.70 Å². The average Bonchev–Trinajstić information content (AvgIpc) is 2.72. The van der Waals surface area contributed by atoms with Gasteiger partial charge in [0.1, 0.15) is 12.3 Å². The zero-order chi connectivity index (χ0) is 22.1. The molecule has 0 aliphatic heterocycles. The second kappa shape index (κ2) is 16.4. The lowest BCUT2D eigenvalue weighted by molar-refractivity contribution is -0.138. The van der Waals surface area contributed by atoms with Gasteiger partial charge in [-0.2, -0.15) is 0 Å². The number of methoxy groups -OCH3 is 2. The number of aliphatic hydroxyl groups is 1. The van der Waals surface area contributed by atoms with Crippen LogP contribution >= 0.6 is 0 Å². The van der Waals surface area contributed by atoms with Crippen LogP contribution in [0, 0.1) is 0 Å². The molecule has 0 radical (unpaired) electrons. The van der Waals surface area contributed by atoms with Gasteiger partial charge in [0.15, 0.2) is 5.70 Å². The third-order valence-corrected chi connectivity index (χ3v) is 4.02. The second-order valence-electron chi connectivity index (χ2n) is 6.44. The molecule has 0 aromatic rings. The van der Waals surface area contributed by atoms with Crippen molar-refractivity contribution in [2.45, 2.75) is 58.4 Å². The predicted octanol–water partition coefficient (Wildman–Crippen LogP) is 2.10. The highest BCUT2D eigenvalue weighted by Gasteiger charge is 2.23. The minimum absolute atomic E-state index is 0.248. The molecule has 2 amide bonds. The number of unbranched alkanes of at least 4 members (excludes halogenated alkanes) is 5. The Balaban J connectivity index is 4.66. The topological polar surface area (TPSA) is 114 Å². The fraction of sp³-hybridized carbons (Fsp3) is 0.571. The van der Waals surface area contributed by atoms with E-state index in [1.54, 1.807) is 19.1 Å². The van der Waals surface area contributed by atoms with Crippen LogP contribution in [0.1, 0.15) is 52.4 Å². The Morgan fingerprint density at radius 1 is 1.10 bits per heavy atom. The van der Waals surface area contributed by atoms with Crippen LogP contribution in [0.4, 0.5) is 0 Å². The molecule has 0 rings (SSSR count). The van der Waals surface area contributed by atoms with Crippen LogP contribution < -0.4 is 10.6 Å². The molecule has 0 aliphatic rings. The average molecular weight is 411 g/mol. The molecule has 0 aromatic heterocycles. The van der Waals surface area contributed by atoms with Crippen molar-refractivity contribution in [1.82, 2.24) is 10.6 Å². The first kappa shape index (κ1) is 26.4. The van der Waals surface area contributed by atoms with E-state index >= 15 is 0 Å². The molecule has 0 aliphatic carbocycles. The Morgan fingerprint density at radius 2 is 1.79 bits per heavy atom. The van der Waals surface area contributed by atoms with Gasteiger partial charge in [0.05, 0.1) is 20.8 Å². The first-order chi connectivity index (χ1) is 13.9. The Morgan fingerprint density at radius 3 is 2.38 bits per heavy atom. The van der Waals surface area contributed by atoms with Gasteiger partial charge in [-0.3, -0.25) is 9.59 Å². The number of carbonyl (C=O) groups excluding carboxylic acids is 3. The summed E-state index contributed by atoms with van der Waals surface area (Å²) in [7, 11) is 2.45. The number of ether oxygens (including phenoxy) is 2. The van der Waals surface area contributed by atoms with E-state index in [1.807, 2.05) is 6.08 Å². The van der Waals surface area contributed by atoms with Gasteiger partial charge in [-0.05, 0) is 19.8 Å². The lowest BCUT2D eigenvalue weighted by Crippen LogP contribution is -2.49. The summed E-state index contributed by atoms with van der Waals surface area (Å²) in [5.41, 5.74) is 0.140. The molecule has 8 nitrogen and oxygen atoms in total. The molecule has 0 bridgehead atoms. The van der Waals surface area contributed by atoms with Crippen molar-refractivity contribution in [3.63, 3.8) is 0 Å². The van der Waals surface area contributed by atoms with Crippen molar-refractivity contribution in [2.24, 2.45) is 0 Å². The number of esters is 1. The van der Waals surface area contributed by atoms with Gasteiger partial charge in [0.25, 0.3) is 0 Å². The number of nitrogens with one attached hydrogen (secondary N) is 2. The maximum atomic E-state index is 12.2. The maximum absolute atomic E-state index is 12.2. The van der Waals surface area contributed by atoms with Crippen LogP contribution in [0.15, 0.2) is 35.8 Å². The van der Waals surface area contributed by atoms with Crippen molar-refractivity contribution in [1.29, 1.82) is 0 Å². The van der Waals surface area contributed by atoms with E-state index < -0.39 is 30.4 Å². The van der Waals surface area contributed by atoms with Crippen LogP contribution in [0.2, 0.25) is 0 Å². The van der Waals surface area contributed by atoms with Crippen molar-refractivity contribution in [2.75, 3.05) is 20.8 Å². The molecule has 0 heterocycles. The van der Waals surface area contributed by atoms with Gasteiger partial charge in [0, 0.05) is 5.57 Å².